The largest absolute Gasteiger partial charge is 0.383 e. The van der Waals surface area contributed by atoms with Crippen molar-refractivity contribution >= 4 is 11.4 Å². The molecule has 130 valence electrons. The molecular weight excluding hydrogens is 292 g/mol. The minimum atomic E-state index is 0.923. The van der Waals surface area contributed by atoms with Gasteiger partial charge in [0.1, 0.15) is 0 Å². The van der Waals surface area contributed by atoms with E-state index in [0.717, 1.165) is 13.1 Å². The second kappa shape index (κ2) is 10.7. The van der Waals surface area contributed by atoms with Gasteiger partial charge >= 0.3 is 0 Å². The molecular formula is C22H32N2. The van der Waals surface area contributed by atoms with E-state index < -0.39 is 0 Å². The van der Waals surface area contributed by atoms with E-state index in [1.54, 1.807) is 0 Å². The van der Waals surface area contributed by atoms with Gasteiger partial charge in [-0.05, 0) is 61.1 Å². The predicted octanol–water partition coefficient (Wildman–Crippen LogP) is 5.90. The molecule has 2 nitrogen and oxygen atoms in total. The Bertz CT molecular complexity index is 504. The van der Waals surface area contributed by atoms with Crippen LogP contribution in [0.4, 0.5) is 11.4 Å². The maximum atomic E-state index is 3.47. The molecule has 0 aliphatic carbocycles. The molecule has 24 heavy (non-hydrogen) atoms. The molecule has 2 heteroatoms. The van der Waals surface area contributed by atoms with Crippen LogP contribution in [0.15, 0.2) is 48.5 Å². The van der Waals surface area contributed by atoms with Gasteiger partial charge in [-0.2, -0.15) is 0 Å². The molecule has 0 radical (unpaired) electrons. The fraction of sp³-hybridized carbons (Fsp3) is 0.455. The summed E-state index contributed by atoms with van der Waals surface area (Å²) in [7, 11) is 0. The van der Waals surface area contributed by atoms with Crippen molar-refractivity contribution in [3.05, 3.63) is 59.7 Å². The summed E-state index contributed by atoms with van der Waals surface area (Å²) in [5.41, 5.74) is 5.27. The maximum Gasteiger partial charge on any atom is 0.0340 e. The molecule has 0 aliphatic heterocycles. The van der Waals surface area contributed by atoms with Gasteiger partial charge in [-0.3, -0.25) is 0 Å². The topological polar surface area (TPSA) is 24.1 Å². The van der Waals surface area contributed by atoms with Crippen molar-refractivity contribution in [1.29, 1.82) is 0 Å². The highest BCUT2D eigenvalue weighted by atomic mass is 14.9. The maximum absolute atomic E-state index is 3.47. The summed E-state index contributed by atoms with van der Waals surface area (Å²) in [6.07, 6.45) is 7.43. The average Bonchev–Trinajstić information content (AvgIpc) is 2.64. The lowest BCUT2D eigenvalue weighted by Gasteiger charge is -2.10. The summed E-state index contributed by atoms with van der Waals surface area (Å²) in [6.45, 7) is 6.32. The van der Waals surface area contributed by atoms with Gasteiger partial charge in [0.05, 0.1) is 0 Å². The van der Waals surface area contributed by atoms with Crippen LogP contribution in [0.1, 0.15) is 50.7 Å². The molecule has 0 heterocycles. The Kier molecular flexibility index (Phi) is 8.23. The lowest BCUT2D eigenvalue weighted by Crippen LogP contribution is -2.13. The number of hydrogen-bond acceptors (Lipinski definition) is 2. The second-order valence-corrected chi connectivity index (χ2v) is 6.45. The van der Waals surface area contributed by atoms with Crippen molar-refractivity contribution in [2.45, 2.75) is 52.4 Å². The van der Waals surface area contributed by atoms with Crippen molar-refractivity contribution in [1.82, 2.24) is 0 Å². The number of benzene rings is 2. The Morgan fingerprint density at radius 2 is 0.958 bits per heavy atom. The summed E-state index contributed by atoms with van der Waals surface area (Å²) in [5, 5.41) is 6.95. The number of anilines is 2. The Labute approximate surface area is 147 Å². The van der Waals surface area contributed by atoms with E-state index in [1.165, 1.54) is 61.0 Å². The van der Waals surface area contributed by atoms with Crippen LogP contribution in [-0.4, -0.2) is 13.1 Å². The molecule has 0 spiro atoms. The van der Waals surface area contributed by atoms with E-state index in [9.17, 15) is 0 Å². The fourth-order valence-corrected chi connectivity index (χ4v) is 2.75. The van der Waals surface area contributed by atoms with Crippen molar-refractivity contribution in [3.8, 4) is 0 Å². The summed E-state index contributed by atoms with van der Waals surface area (Å²) in [4.78, 5) is 0. The number of nitrogens with one attached hydrogen (secondary N) is 2. The molecule has 0 atom stereocenters. The van der Waals surface area contributed by atoms with Gasteiger partial charge in [0.25, 0.3) is 0 Å². The first-order valence-electron chi connectivity index (χ1n) is 9.47. The van der Waals surface area contributed by atoms with E-state index in [0.29, 0.717) is 0 Å². The van der Waals surface area contributed by atoms with Crippen molar-refractivity contribution in [2.75, 3.05) is 23.7 Å². The molecule has 2 rings (SSSR count). The highest BCUT2D eigenvalue weighted by Crippen LogP contribution is 2.13. The van der Waals surface area contributed by atoms with Gasteiger partial charge in [0, 0.05) is 24.5 Å². The van der Waals surface area contributed by atoms with Crippen molar-refractivity contribution in [3.63, 3.8) is 0 Å². The van der Waals surface area contributed by atoms with E-state index in [4.69, 9.17) is 0 Å². The van der Waals surface area contributed by atoms with Crippen LogP contribution in [0, 0.1) is 0 Å². The van der Waals surface area contributed by atoms with Crippen molar-refractivity contribution < 1.29 is 0 Å². The van der Waals surface area contributed by atoms with Crippen LogP contribution in [0.5, 0.6) is 0 Å². The number of aryl methyl sites for hydroxylation is 2. The first kappa shape index (κ1) is 18.4. The molecule has 0 saturated carbocycles. The number of hydrogen-bond donors (Lipinski definition) is 2. The molecule has 2 aromatic carbocycles. The van der Waals surface area contributed by atoms with E-state index in [-0.39, 0.29) is 0 Å². The van der Waals surface area contributed by atoms with E-state index in [2.05, 4.69) is 73.0 Å². The Balaban J connectivity index is 1.67. The summed E-state index contributed by atoms with van der Waals surface area (Å²) in [5.74, 6) is 0. The van der Waals surface area contributed by atoms with Crippen molar-refractivity contribution in [2.24, 2.45) is 0 Å². The van der Waals surface area contributed by atoms with Crippen LogP contribution in [-0.2, 0) is 12.8 Å². The lowest BCUT2D eigenvalue weighted by molar-refractivity contribution is 0.795. The van der Waals surface area contributed by atoms with Crippen LogP contribution in [0.3, 0.4) is 0 Å². The second-order valence-electron chi connectivity index (χ2n) is 6.45. The molecule has 0 amide bonds. The average molecular weight is 325 g/mol. The smallest absolute Gasteiger partial charge is 0.0340 e. The van der Waals surface area contributed by atoms with Crippen LogP contribution >= 0.6 is 0 Å². The minimum Gasteiger partial charge on any atom is -0.383 e. The van der Waals surface area contributed by atoms with E-state index in [1.807, 2.05) is 0 Å². The monoisotopic (exact) mass is 324 g/mol. The van der Waals surface area contributed by atoms with Gasteiger partial charge in [0.2, 0.25) is 0 Å². The molecule has 0 aromatic heterocycles. The number of unbranched alkanes of at least 4 members (excludes halogenated alkanes) is 2. The molecule has 0 aliphatic rings. The lowest BCUT2D eigenvalue weighted by atomic mass is 10.1. The minimum absolute atomic E-state index is 0.923. The zero-order chi connectivity index (χ0) is 17.0. The molecule has 0 bridgehead atoms. The Morgan fingerprint density at radius 3 is 1.29 bits per heavy atom. The third kappa shape index (κ3) is 6.66. The summed E-state index contributed by atoms with van der Waals surface area (Å²) in [6, 6.07) is 17.7. The highest BCUT2D eigenvalue weighted by molar-refractivity contribution is 5.47. The van der Waals surface area contributed by atoms with Crippen LogP contribution in [0.2, 0.25) is 0 Å². The van der Waals surface area contributed by atoms with Crippen LogP contribution in [0.25, 0.3) is 0 Å². The van der Waals surface area contributed by atoms with Gasteiger partial charge in [0.15, 0.2) is 0 Å². The van der Waals surface area contributed by atoms with E-state index >= 15 is 0 Å². The fourth-order valence-electron chi connectivity index (χ4n) is 2.75. The Hall–Kier alpha value is -1.96. The molecule has 2 N–H and O–H groups in total. The standard InChI is InChI=1S/C22H32N2/c1-3-5-7-19-9-13-21(14-10-19)23-17-18-24-22-15-11-20(12-16-22)8-6-4-2/h9-16,23-24H,3-8,17-18H2,1-2H3. The first-order valence-corrected chi connectivity index (χ1v) is 9.47. The molecule has 2 aromatic rings. The molecule has 0 unspecified atom stereocenters. The third-order valence-electron chi connectivity index (χ3n) is 4.33. The van der Waals surface area contributed by atoms with Crippen LogP contribution < -0.4 is 10.6 Å². The molecule has 0 saturated heterocycles. The zero-order valence-corrected chi connectivity index (χ0v) is 15.3. The summed E-state index contributed by atoms with van der Waals surface area (Å²) >= 11 is 0. The van der Waals surface area contributed by atoms with Gasteiger partial charge in [-0.25, -0.2) is 0 Å². The van der Waals surface area contributed by atoms with Gasteiger partial charge < -0.3 is 10.6 Å². The molecule has 0 fully saturated rings. The Morgan fingerprint density at radius 1 is 0.583 bits per heavy atom. The number of rotatable bonds is 11. The SMILES string of the molecule is CCCCc1ccc(NCCNc2ccc(CCCC)cc2)cc1. The zero-order valence-electron chi connectivity index (χ0n) is 15.3. The third-order valence-corrected chi connectivity index (χ3v) is 4.33. The van der Waals surface area contributed by atoms with Gasteiger partial charge in [-0.1, -0.05) is 51.0 Å². The first-order chi connectivity index (χ1) is 11.8. The normalized spacial score (nSPS) is 10.6. The predicted molar refractivity (Wildman–Crippen MR) is 107 cm³/mol. The summed E-state index contributed by atoms with van der Waals surface area (Å²) < 4.78 is 0. The quantitative estimate of drug-likeness (QED) is 0.503. The van der Waals surface area contributed by atoms with Gasteiger partial charge in [-0.15, -0.1) is 0 Å². The highest BCUT2D eigenvalue weighted by Gasteiger charge is 1.96.